The van der Waals surface area contributed by atoms with E-state index in [1.807, 2.05) is 17.8 Å². The van der Waals surface area contributed by atoms with Crippen LogP contribution in [0.15, 0.2) is 17.5 Å². The van der Waals surface area contributed by atoms with Crippen LogP contribution in [-0.4, -0.2) is 29.1 Å². The first kappa shape index (κ1) is 9.57. The third kappa shape index (κ3) is 3.14. The number of nitrogens with two attached hydrogens (primary N) is 1. The van der Waals surface area contributed by atoms with Crippen molar-refractivity contribution in [3.8, 4) is 0 Å². The molecule has 0 amide bonds. The molecule has 0 unspecified atom stereocenters. The van der Waals surface area contributed by atoms with E-state index in [2.05, 4.69) is 15.3 Å². The quantitative estimate of drug-likeness (QED) is 0.488. The highest BCUT2D eigenvalue weighted by Gasteiger charge is 1.96. The average Bonchev–Trinajstić information content (AvgIpc) is 2.51. The predicted molar refractivity (Wildman–Crippen MR) is 52.5 cm³/mol. The molecule has 1 rings (SSSR count). The summed E-state index contributed by atoms with van der Waals surface area (Å²) in [5.41, 5.74) is 6.51. The van der Waals surface area contributed by atoms with E-state index in [4.69, 9.17) is 5.73 Å². The molecule has 1 aromatic heterocycles. The number of aryl methyl sites for hydroxylation is 1. The molecule has 0 aromatic carbocycles. The second-order valence-corrected chi connectivity index (χ2v) is 2.82. The summed E-state index contributed by atoms with van der Waals surface area (Å²) in [6.45, 7) is 0.764. The molecule has 72 valence electrons. The Morgan fingerprint density at radius 2 is 2.54 bits per heavy atom. The van der Waals surface area contributed by atoms with E-state index in [-0.39, 0.29) is 0 Å². The molecule has 0 atom stereocenters. The summed E-state index contributed by atoms with van der Waals surface area (Å²) in [4.78, 5) is 7.96. The molecule has 0 bridgehead atoms. The molecule has 1 heterocycles. The highest BCUT2D eigenvalue weighted by Crippen LogP contribution is 1.93. The minimum atomic E-state index is 0.468. The molecule has 5 heteroatoms. The SMILES string of the molecule is CN=C(N)NCCc1cn(C)cn1. The zero-order chi connectivity index (χ0) is 9.68. The van der Waals surface area contributed by atoms with Gasteiger partial charge < -0.3 is 15.6 Å². The van der Waals surface area contributed by atoms with Crippen LogP contribution in [-0.2, 0) is 13.5 Å². The minimum absolute atomic E-state index is 0.468. The Hall–Kier alpha value is -1.52. The second-order valence-electron chi connectivity index (χ2n) is 2.82. The predicted octanol–water partition coefficient (Wildman–Crippen LogP) is -0.503. The van der Waals surface area contributed by atoms with Crippen LogP contribution in [0.3, 0.4) is 0 Å². The lowest BCUT2D eigenvalue weighted by atomic mass is 10.3. The fourth-order valence-corrected chi connectivity index (χ4v) is 0.994. The van der Waals surface area contributed by atoms with Crippen LogP contribution in [0, 0.1) is 0 Å². The summed E-state index contributed by atoms with van der Waals surface area (Å²) < 4.78 is 1.92. The molecule has 3 N–H and O–H groups in total. The smallest absolute Gasteiger partial charge is 0.188 e. The summed E-state index contributed by atoms with van der Waals surface area (Å²) in [7, 11) is 3.61. The van der Waals surface area contributed by atoms with E-state index in [9.17, 15) is 0 Å². The van der Waals surface area contributed by atoms with E-state index < -0.39 is 0 Å². The van der Waals surface area contributed by atoms with E-state index in [0.29, 0.717) is 5.96 Å². The summed E-state index contributed by atoms with van der Waals surface area (Å²) in [6, 6.07) is 0. The van der Waals surface area contributed by atoms with Gasteiger partial charge in [0.1, 0.15) is 0 Å². The number of hydrogen-bond donors (Lipinski definition) is 2. The fourth-order valence-electron chi connectivity index (χ4n) is 0.994. The van der Waals surface area contributed by atoms with Gasteiger partial charge in [-0.25, -0.2) is 4.98 Å². The molecule has 0 fully saturated rings. The standard InChI is InChI=1S/C8H15N5/c1-10-8(9)11-4-3-7-5-13(2)6-12-7/h5-6H,3-4H2,1-2H3,(H3,9,10,11). The van der Waals surface area contributed by atoms with Crippen LogP contribution >= 0.6 is 0 Å². The number of hydrogen-bond acceptors (Lipinski definition) is 2. The molecule has 13 heavy (non-hydrogen) atoms. The van der Waals surface area contributed by atoms with Crippen molar-refractivity contribution >= 4 is 5.96 Å². The van der Waals surface area contributed by atoms with Crippen LogP contribution < -0.4 is 11.1 Å². The van der Waals surface area contributed by atoms with Gasteiger partial charge in [0.15, 0.2) is 5.96 Å². The van der Waals surface area contributed by atoms with Crippen molar-refractivity contribution < 1.29 is 0 Å². The molecular formula is C8H15N5. The third-order valence-electron chi connectivity index (χ3n) is 1.69. The van der Waals surface area contributed by atoms with Gasteiger partial charge in [-0.15, -0.1) is 0 Å². The van der Waals surface area contributed by atoms with Crippen LogP contribution in [0.4, 0.5) is 0 Å². The highest BCUT2D eigenvalue weighted by atomic mass is 15.1. The van der Waals surface area contributed by atoms with Crippen LogP contribution in [0.1, 0.15) is 5.69 Å². The lowest BCUT2D eigenvalue weighted by molar-refractivity contribution is 0.837. The first-order chi connectivity index (χ1) is 6.22. The van der Waals surface area contributed by atoms with Gasteiger partial charge in [-0.1, -0.05) is 0 Å². The Kier molecular flexibility index (Phi) is 3.31. The van der Waals surface area contributed by atoms with Crippen molar-refractivity contribution in [1.29, 1.82) is 0 Å². The van der Waals surface area contributed by atoms with Crippen LogP contribution in [0.2, 0.25) is 0 Å². The summed E-state index contributed by atoms with van der Waals surface area (Å²) in [5, 5.41) is 2.97. The summed E-state index contributed by atoms with van der Waals surface area (Å²) in [6.07, 6.45) is 4.63. The summed E-state index contributed by atoms with van der Waals surface area (Å²) in [5.74, 6) is 0.468. The van der Waals surface area contributed by atoms with Crippen molar-refractivity contribution in [2.45, 2.75) is 6.42 Å². The van der Waals surface area contributed by atoms with Crippen molar-refractivity contribution in [3.05, 3.63) is 18.2 Å². The van der Waals surface area contributed by atoms with Gasteiger partial charge in [-0.3, -0.25) is 4.99 Å². The zero-order valence-corrected chi connectivity index (χ0v) is 7.99. The van der Waals surface area contributed by atoms with Gasteiger partial charge in [0.05, 0.1) is 12.0 Å². The normalized spacial score (nSPS) is 11.7. The van der Waals surface area contributed by atoms with Gasteiger partial charge in [0.25, 0.3) is 0 Å². The topological polar surface area (TPSA) is 68.2 Å². The van der Waals surface area contributed by atoms with Gasteiger partial charge in [-0.05, 0) is 0 Å². The first-order valence-corrected chi connectivity index (χ1v) is 4.15. The summed E-state index contributed by atoms with van der Waals surface area (Å²) >= 11 is 0. The van der Waals surface area contributed by atoms with Crippen LogP contribution in [0.5, 0.6) is 0 Å². The Bertz CT molecular complexity index is 288. The van der Waals surface area contributed by atoms with Crippen LogP contribution in [0.25, 0.3) is 0 Å². The maximum Gasteiger partial charge on any atom is 0.188 e. The Balaban J connectivity index is 2.28. The molecule has 0 saturated carbocycles. The number of rotatable bonds is 3. The zero-order valence-electron chi connectivity index (χ0n) is 7.99. The highest BCUT2D eigenvalue weighted by molar-refractivity contribution is 5.77. The minimum Gasteiger partial charge on any atom is -0.370 e. The van der Waals surface area contributed by atoms with Crippen molar-refractivity contribution in [2.75, 3.05) is 13.6 Å². The Morgan fingerprint density at radius 3 is 3.08 bits per heavy atom. The number of nitrogens with one attached hydrogen (secondary N) is 1. The van der Waals surface area contributed by atoms with E-state index in [0.717, 1.165) is 18.7 Å². The molecule has 5 nitrogen and oxygen atoms in total. The monoisotopic (exact) mass is 181 g/mol. The first-order valence-electron chi connectivity index (χ1n) is 4.15. The Labute approximate surface area is 77.7 Å². The van der Waals surface area contributed by atoms with Gasteiger partial charge in [-0.2, -0.15) is 0 Å². The maximum absolute atomic E-state index is 5.46. The number of guanidine groups is 1. The molecule has 1 aromatic rings. The van der Waals surface area contributed by atoms with Gasteiger partial charge in [0.2, 0.25) is 0 Å². The van der Waals surface area contributed by atoms with Crippen molar-refractivity contribution in [2.24, 2.45) is 17.8 Å². The lowest BCUT2D eigenvalue weighted by Crippen LogP contribution is -2.32. The maximum atomic E-state index is 5.46. The lowest BCUT2D eigenvalue weighted by Gasteiger charge is -2.01. The average molecular weight is 181 g/mol. The van der Waals surface area contributed by atoms with Crippen molar-refractivity contribution in [3.63, 3.8) is 0 Å². The molecule has 0 radical (unpaired) electrons. The fraction of sp³-hybridized carbons (Fsp3) is 0.500. The molecule has 0 aliphatic rings. The molecule has 0 spiro atoms. The molecular weight excluding hydrogens is 166 g/mol. The van der Waals surface area contributed by atoms with E-state index in [1.54, 1.807) is 13.4 Å². The van der Waals surface area contributed by atoms with Gasteiger partial charge in [0, 0.05) is 33.3 Å². The number of aliphatic imine (C=N–C) groups is 1. The van der Waals surface area contributed by atoms with E-state index in [1.165, 1.54) is 0 Å². The molecule has 0 aliphatic carbocycles. The molecule has 0 aliphatic heterocycles. The second kappa shape index (κ2) is 4.49. The number of imidazole rings is 1. The largest absolute Gasteiger partial charge is 0.370 e. The van der Waals surface area contributed by atoms with E-state index >= 15 is 0 Å². The van der Waals surface area contributed by atoms with Crippen molar-refractivity contribution in [1.82, 2.24) is 14.9 Å². The molecule has 0 saturated heterocycles. The number of aromatic nitrogens is 2. The Morgan fingerprint density at radius 1 is 1.77 bits per heavy atom. The number of nitrogens with zero attached hydrogens (tertiary/aromatic N) is 3. The third-order valence-corrected chi connectivity index (χ3v) is 1.69. The van der Waals surface area contributed by atoms with Gasteiger partial charge >= 0.3 is 0 Å².